The molecule has 1 amide bonds. The van der Waals surface area contributed by atoms with Gasteiger partial charge in [0, 0.05) is 31.5 Å². The zero-order valence-electron chi connectivity index (χ0n) is 15.0. The fourth-order valence-electron chi connectivity index (χ4n) is 3.46. The zero-order chi connectivity index (χ0) is 18.0. The molecule has 3 rings (SSSR count). The van der Waals surface area contributed by atoms with Gasteiger partial charge < -0.3 is 14.7 Å². The van der Waals surface area contributed by atoms with Crippen molar-refractivity contribution in [1.82, 2.24) is 4.90 Å². The second-order valence-corrected chi connectivity index (χ2v) is 7.48. The number of aliphatic hydroxyl groups is 1. The molecule has 0 atom stereocenters. The summed E-state index contributed by atoms with van der Waals surface area (Å²) in [5.74, 6) is 0.0654. The minimum absolute atomic E-state index is 0.0218. The Morgan fingerprint density at radius 3 is 2.12 bits per heavy atom. The highest BCUT2D eigenvalue weighted by atomic mass is 16.6. The number of amides is 1. The third-order valence-electron chi connectivity index (χ3n) is 4.74. The van der Waals surface area contributed by atoms with Crippen LogP contribution in [0.2, 0.25) is 0 Å². The number of hydrogen-bond donors (Lipinski definition) is 1. The Bertz CT molecular complexity index is 724. The number of hydrogen-bond acceptors (Lipinski definition) is 3. The molecule has 0 saturated carbocycles. The lowest BCUT2D eigenvalue weighted by Gasteiger charge is -2.28. The molecule has 1 aliphatic carbocycles. The first-order chi connectivity index (χ1) is 11.9. The molecule has 0 fully saturated rings. The molecule has 0 saturated heterocycles. The number of carbonyl (C=O) groups excluding carboxylic acids is 1. The summed E-state index contributed by atoms with van der Waals surface area (Å²) >= 11 is 0. The summed E-state index contributed by atoms with van der Waals surface area (Å²) in [4.78, 5) is 13.9. The Kier molecular flexibility index (Phi) is 4.82. The third-order valence-corrected chi connectivity index (χ3v) is 4.74. The van der Waals surface area contributed by atoms with Crippen LogP contribution in [0.3, 0.4) is 0 Å². The number of rotatable bonds is 5. The Labute approximate surface area is 149 Å². The Balaban J connectivity index is 1.72. The van der Waals surface area contributed by atoms with Gasteiger partial charge in [0.15, 0.2) is 0 Å². The van der Waals surface area contributed by atoms with Crippen molar-refractivity contribution in [2.24, 2.45) is 5.41 Å². The van der Waals surface area contributed by atoms with Gasteiger partial charge in [-0.25, -0.2) is 4.79 Å². The molecular formula is C21H25NO3. The van der Waals surface area contributed by atoms with Crippen LogP contribution >= 0.6 is 0 Å². The highest BCUT2D eigenvalue weighted by molar-refractivity contribution is 5.79. The van der Waals surface area contributed by atoms with Gasteiger partial charge >= 0.3 is 6.09 Å². The van der Waals surface area contributed by atoms with E-state index in [9.17, 15) is 9.90 Å². The van der Waals surface area contributed by atoms with Crippen LogP contribution in [0.25, 0.3) is 11.1 Å². The first-order valence-corrected chi connectivity index (χ1v) is 8.60. The van der Waals surface area contributed by atoms with Crippen molar-refractivity contribution in [3.05, 3.63) is 59.7 Å². The number of aliphatic hydroxyl groups excluding tert-OH is 1. The van der Waals surface area contributed by atoms with Crippen molar-refractivity contribution >= 4 is 6.09 Å². The van der Waals surface area contributed by atoms with Crippen LogP contribution in [0.5, 0.6) is 0 Å². The molecule has 2 aromatic carbocycles. The van der Waals surface area contributed by atoms with E-state index in [0.29, 0.717) is 13.2 Å². The monoisotopic (exact) mass is 339 g/mol. The standard InChI is InChI=1S/C21H25NO3/c1-21(2,14-23)13-22(3)20(24)25-12-19-17-10-6-4-8-15(17)16-9-5-7-11-18(16)19/h4-11,19,23H,12-14H2,1-3H3. The molecule has 0 heterocycles. The molecule has 25 heavy (non-hydrogen) atoms. The Morgan fingerprint density at radius 2 is 1.60 bits per heavy atom. The molecule has 132 valence electrons. The van der Waals surface area contributed by atoms with Crippen LogP contribution in [0.4, 0.5) is 4.79 Å². The van der Waals surface area contributed by atoms with E-state index in [1.54, 1.807) is 7.05 Å². The van der Waals surface area contributed by atoms with E-state index in [-0.39, 0.29) is 24.0 Å². The van der Waals surface area contributed by atoms with Gasteiger partial charge in [-0.3, -0.25) is 0 Å². The summed E-state index contributed by atoms with van der Waals surface area (Å²) in [6, 6.07) is 16.6. The highest BCUT2D eigenvalue weighted by Gasteiger charge is 2.30. The molecule has 0 radical (unpaired) electrons. The van der Waals surface area contributed by atoms with E-state index >= 15 is 0 Å². The minimum atomic E-state index is -0.358. The van der Waals surface area contributed by atoms with E-state index < -0.39 is 0 Å². The van der Waals surface area contributed by atoms with E-state index in [1.165, 1.54) is 27.2 Å². The number of benzene rings is 2. The molecule has 4 nitrogen and oxygen atoms in total. The van der Waals surface area contributed by atoms with Crippen molar-refractivity contribution in [3.8, 4) is 11.1 Å². The average Bonchev–Trinajstić information content (AvgIpc) is 2.93. The predicted molar refractivity (Wildman–Crippen MR) is 98.6 cm³/mol. The van der Waals surface area contributed by atoms with E-state index in [4.69, 9.17) is 4.74 Å². The summed E-state index contributed by atoms with van der Waals surface area (Å²) in [5, 5.41) is 9.37. The van der Waals surface area contributed by atoms with Crippen molar-refractivity contribution in [2.45, 2.75) is 19.8 Å². The molecule has 1 N–H and O–H groups in total. The maximum Gasteiger partial charge on any atom is 0.409 e. The van der Waals surface area contributed by atoms with Gasteiger partial charge in [-0.2, -0.15) is 0 Å². The van der Waals surface area contributed by atoms with Gasteiger partial charge in [0.25, 0.3) is 0 Å². The first-order valence-electron chi connectivity index (χ1n) is 8.60. The van der Waals surface area contributed by atoms with Gasteiger partial charge in [0.2, 0.25) is 0 Å². The molecule has 1 aliphatic rings. The topological polar surface area (TPSA) is 49.8 Å². The molecule has 0 unspecified atom stereocenters. The van der Waals surface area contributed by atoms with Crippen LogP contribution in [-0.2, 0) is 4.74 Å². The summed E-state index contributed by atoms with van der Waals surface area (Å²) < 4.78 is 5.60. The van der Waals surface area contributed by atoms with Crippen LogP contribution in [0.1, 0.15) is 30.9 Å². The quantitative estimate of drug-likeness (QED) is 0.899. The van der Waals surface area contributed by atoms with Crippen molar-refractivity contribution < 1.29 is 14.6 Å². The molecule has 0 spiro atoms. The van der Waals surface area contributed by atoms with Crippen LogP contribution in [-0.4, -0.2) is 42.9 Å². The largest absolute Gasteiger partial charge is 0.448 e. The van der Waals surface area contributed by atoms with Gasteiger partial charge in [0.05, 0.1) is 0 Å². The van der Waals surface area contributed by atoms with Gasteiger partial charge in [-0.05, 0) is 22.3 Å². The fourth-order valence-corrected chi connectivity index (χ4v) is 3.46. The molecule has 0 bridgehead atoms. The fraction of sp³-hybridized carbons (Fsp3) is 0.381. The molecule has 0 aromatic heterocycles. The number of nitrogens with zero attached hydrogens (tertiary/aromatic N) is 1. The lowest BCUT2D eigenvalue weighted by atomic mass is 9.94. The van der Waals surface area contributed by atoms with Crippen molar-refractivity contribution in [2.75, 3.05) is 26.8 Å². The summed E-state index contributed by atoms with van der Waals surface area (Å²) in [6.07, 6.45) is -0.358. The van der Waals surface area contributed by atoms with Crippen LogP contribution in [0, 0.1) is 5.41 Å². The third kappa shape index (κ3) is 3.54. The Morgan fingerprint density at radius 1 is 1.08 bits per heavy atom. The number of carbonyl (C=O) groups is 1. The SMILES string of the molecule is CN(CC(C)(C)CO)C(=O)OCC1c2ccccc2-c2ccccc21. The molecule has 4 heteroatoms. The van der Waals surface area contributed by atoms with Crippen molar-refractivity contribution in [3.63, 3.8) is 0 Å². The van der Waals surface area contributed by atoms with Crippen LogP contribution in [0.15, 0.2) is 48.5 Å². The predicted octanol–water partition coefficient (Wildman–Crippen LogP) is 3.89. The molecule has 2 aromatic rings. The van der Waals surface area contributed by atoms with E-state index in [2.05, 4.69) is 24.3 Å². The summed E-state index contributed by atoms with van der Waals surface area (Å²) in [5.41, 5.74) is 4.49. The van der Waals surface area contributed by atoms with Gasteiger partial charge in [-0.15, -0.1) is 0 Å². The highest BCUT2D eigenvalue weighted by Crippen LogP contribution is 2.44. The van der Waals surface area contributed by atoms with Gasteiger partial charge in [-0.1, -0.05) is 62.4 Å². The summed E-state index contributed by atoms with van der Waals surface area (Å²) in [7, 11) is 1.70. The number of ether oxygens (including phenoxy) is 1. The zero-order valence-corrected chi connectivity index (χ0v) is 15.0. The molecular weight excluding hydrogens is 314 g/mol. The Hall–Kier alpha value is -2.33. The van der Waals surface area contributed by atoms with E-state index in [0.717, 1.165) is 0 Å². The summed E-state index contributed by atoms with van der Waals surface area (Å²) in [6.45, 7) is 4.62. The minimum Gasteiger partial charge on any atom is -0.448 e. The maximum atomic E-state index is 12.3. The first kappa shape index (κ1) is 17.5. The number of fused-ring (bicyclic) bond motifs is 3. The lowest BCUT2D eigenvalue weighted by Crippen LogP contribution is -2.38. The van der Waals surface area contributed by atoms with Crippen molar-refractivity contribution in [1.29, 1.82) is 0 Å². The maximum absolute atomic E-state index is 12.3. The van der Waals surface area contributed by atoms with E-state index in [1.807, 2.05) is 38.1 Å². The normalized spacial score (nSPS) is 13.3. The molecule has 0 aliphatic heterocycles. The second kappa shape index (κ2) is 6.89. The average molecular weight is 339 g/mol. The van der Waals surface area contributed by atoms with Gasteiger partial charge in [0.1, 0.15) is 6.61 Å². The van der Waals surface area contributed by atoms with Crippen LogP contribution < -0.4 is 0 Å². The second-order valence-electron chi connectivity index (χ2n) is 7.48. The lowest BCUT2D eigenvalue weighted by molar-refractivity contribution is 0.0776. The smallest absolute Gasteiger partial charge is 0.409 e.